The maximum absolute atomic E-state index is 5.93. The molecule has 0 amide bonds. The first-order valence-electron chi connectivity index (χ1n) is 5.22. The van der Waals surface area contributed by atoms with Gasteiger partial charge in [-0.1, -0.05) is 30.4 Å². The molecule has 0 aliphatic rings. The van der Waals surface area contributed by atoms with E-state index in [9.17, 15) is 0 Å². The summed E-state index contributed by atoms with van der Waals surface area (Å²) in [6.45, 7) is 8.83. The van der Waals surface area contributed by atoms with Gasteiger partial charge in [-0.3, -0.25) is 0 Å². The van der Waals surface area contributed by atoms with Gasteiger partial charge < -0.3 is 10.6 Å². The Balaban J connectivity index is 2.97. The number of para-hydroxylation sites is 1. The highest BCUT2D eigenvalue weighted by molar-refractivity contribution is 5.54. The van der Waals surface area contributed by atoms with Crippen LogP contribution in [0.1, 0.15) is 25.5 Å². The third-order valence-corrected chi connectivity index (χ3v) is 2.35. The van der Waals surface area contributed by atoms with Crippen molar-refractivity contribution in [1.82, 2.24) is 0 Å². The molecule has 0 aromatic heterocycles. The minimum Gasteiger partial charge on any atom is -0.370 e. The molecule has 2 nitrogen and oxygen atoms in total. The Hall–Kier alpha value is -1.28. The van der Waals surface area contributed by atoms with Gasteiger partial charge in [-0.25, -0.2) is 0 Å². The zero-order valence-corrected chi connectivity index (χ0v) is 9.83. The zero-order valence-electron chi connectivity index (χ0n) is 9.83. The van der Waals surface area contributed by atoms with Crippen molar-refractivity contribution in [2.24, 2.45) is 5.73 Å². The Kier molecular flexibility index (Phi) is 3.92. The van der Waals surface area contributed by atoms with Crippen molar-refractivity contribution >= 4 is 5.69 Å². The van der Waals surface area contributed by atoms with Crippen molar-refractivity contribution in [2.75, 3.05) is 18.5 Å². The van der Waals surface area contributed by atoms with Gasteiger partial charge in [-0.15, -0.1) is 0 Å². The molecule has 0 fully saturated rings. The van der Waals surface area contributed by atoms with Gasteiger partial charge in [-0.05, 0) is 25.5 Å². The molecular formula is C13H20N2. The van der Waals surface area contributed by atoms with Gasteiger partial charge in [-0.2, -0.15) is 0 Å². The first-order chi connectivity index (χ1) is 7.02. The number of benzene rings is 1. The van der Waals surface area contributed by atoms with Crippen LogP contribution in [0.2, 0.25) is 0 Å². The van der Waals surface area contributed by atoms with E-state index in [0.29, 0.717) is 0 Å². The lowest BCUT2D eigenvalue weighted by Gasteiger charge is -2.24. The quantitative estimate of drug-likeness (QED) is 0.764. The number of rotatable bonds is 4. The molecule has 0 saturated heterocycles. The molecule has 0 spiro atoms. The summed E-state index contributed by atoms with van der Waals surface area (Å²) in [5, 5.41) is 0. The summed E-state index contributed by atoms with van der Waals surface area (Å²) in [5.41, 5.74) is 9.46. The van der Waals surface area contributed by atoms with Crippen molar-refractivity contribution in [2.45, 2.75) is 19.9 Å². The van der Waals surface area contributed by atoms with E-state index in [-0.39, 0.29) is 6.04 Å². The van der Waals surface area contributed by atoms with Gasteiger partial charge in [0.2, 0.25) is 0 Å². The van der Waals surface area contributed by atoms with Crippen LogP contribution >= 0.6 is 0 Å². The van der Waals surface area contributed by atoms with Gasteiger partial charge in [0, 0.05) is 25.3 Å². The lowest BCUT2D eigenvalue weighted by Crippen LogP contribution is -2.22. The molecule has 0 aliphatic heterocycles. The maximum atomic E-state index is 5.93. The van der Waals surface area contributed by atoms with Gasteiger partial charge in [0.05, 0.1) is 0 Å². The number of likely N-dealkylation sites (N-methyl/N-ethyl adjacent to an activating group) is 1. The monoisotopic (exact) mass is 204 g/mol. The highest BCUT2D eigenvalue weighted by Crippen LogP contribution is 2.24. The van der Waals surface area contributed by atoms with E-state index in [0.717, 1.165) is 12.1 Å². The Morgan fingerprint density at radius 1 is 1.47 bits per heavy atom. The number of anilines is 1. The molecule has 82 valence electrons. The zero-order chi connectivity index (χ0) is 11.4. The summed E-state index contributed by atoms with van der Waals surface area (Å²) in [4.78, 5) is 2.18. The Morgan fingerprint density at radius 3 is 2.60 bits per heavy atom. The van der Waals surface area contributed by atoms with Gasteiger partial charge >= 0.3 is 0 Å². The third-order valence-electron chi connectivity index (χ3n) is 2.35. The first kappa shape index (κ1) is 11.8. The molecule has 2 N–H and O–H groups in total. The molecular weight excluding hydrogens is 184 g/mol. The molecule has 1 atom stereocenters. The predicted octanol–water partition coefficient (Wildman–Crippen LogP) is 2.72. The largest absolute Gasteiger partial charge is 0.370 e. The summed E-state index contributed by atoms with van der Waals surface area (Å²) >= 11 is 0. The summed E-state index contributed by atoms with van der Waals surface area (Å²) in [7, 11) is 2.07. The van der Waals surface area contributed by atoms with Gasteiger partial charge in [0.1, 0.15) is 0 Å². The number of nitrogens with zero attached hydrogens (tertiary/aromatic N) is 1. The van der Waals surface area contributed by atoms with Gasteiger partial charge in [0.15, 0.2) is 0 Å². The molecule has 0 bridgehead atoms. The molecule has 15 heavy (non-hydrogen) atoms. The number of hydrogen-bond donors (Lipinski definition) is 1. The van der Waals surface area contributed by atoms with E-state index < -0.39 is 0 Å². The molecule has 0 saturated carbocycles. The SMILES string of the molecule is C=C(C)CN(C)c1ccccc1C(C)N. The molecule has 1 unspecified atom stereocenters. The Morgan fingerprint density at radius 2 is 2.07 bits per heavy atom. The molecule has 1 aromatic carbocycles. The van der Waals surface area contributed by atoms with Crippen molar-refractivity contribution < 1.29 is 0 Å². The minimum atomic E-state index is 0.0637. The van der Waals surface area contributed by atoms with E-state index in [1.54, 1.807) is 0 Å². The second kappa shape index (κ2) is 4.99. The summed E-state index contributed by atoms with van der Waals surface area (Å²) in [5.74, 6) is 0. The van der Waals surface area contributed by atoms with E-state index in [4.69, 9.17) is 5.73 Å². The normalized spacial score (nSPS) is 12.3. The molecule has 0 heterocycles. The fourth-order valence-corrected chi connectivity index (χ4v) is 1.71. The molecule has 1 rings (SSSR count). The number of hydrogen-bond acceptors (Lipinski definition) is 2. The smallest absolute Gasteiger partial charge is 0.0414 e. The highest BCUT2D eigenvalue weighted by atomic mass is 15.1. The van der Waals surface area contributed by atoms with Crippen LogP contribution < -0.4 is 10.6 Å². The molecule has 1 aromatic rings. The molecule has 0 radical (unpaired) electrons. The lowest BCUT2D eigenvalue weighted by atomic mass is 10.1. The van der Waals surface area contributed by atoms with Crippen LogP contribution in [-0.2, 0) is 0 Å². The average molecular weight is 204 g/mol. The van der Waals surface area contributed by atoms with Crippen LogP contribution in [0, 0.1) is 0 Å². The summed E-state index contributed by atoms with van der Waals surface area (Å²) in [6.07, 6.45) is 0. The van der Waals surface area contributed by atoms with E-state index in [1.165, 1.54) is 11.3 Å². The van der Waals surface area contributed by atoms with Gasteiger partial charge in [0.25, 0.3) is 0 Å². The van der Waals surface area contributed by atoms with E-state index in [2.05, 4.69) is 30.7 Å². The third kappa shape index (κ3) is 3.10. The van der Waals surface area contributed by atoms with E-state index in [1.807, 2.05) is 26.0 Å². The average Bonchev–Trinajstić information content (AvgIpc) is 2.16. The fraction of sp³-hybridized carbons (Fsp3) is 0.385. The molecule has 0 aliphatic carbocycles. The maximum Gasteiger partial charge on any atom is 0.0414 e. The van der Waals surface area contributed by atoms with E-state index >= 15 is 0 Å². The van der Waals surface area contributed by atoms with Crippen LogP contribution in [0.4, 0.5) is 5.69 Å². The summed E-state index contributed by atoms with van der Waals surface area (Å²) in [6, 6.07) is 8.30. The fourth-order valence-electron chi connectivity index (χ4n) is 1.71. The van der Waals surface area contributed by atoms with Crippen LogP contribution in [0.15, 0.2) is 36.4 Å². The minimum absolute atomic E-state index is 0.0637. The van der Waals surface area contributed by atoms with Crippen molar-refractivity contribution in [3.63, 3.8) is 0 Å². The topological polar surface area (TPSA) is 29.3 Å². The first-order valence-corrected chi connectivity index (χ1v) is 5.22. The lowest BCUT2D eigenvalue weighted by molar-refractivity contribution is 0.808. The second-order valence-electron chi connectivity index (χ2n) is 4.16. The molecule has 2 heteroatoms. The Labute approximate surface area is 92.4 Å². The predicted molar refractivity (Wildman–Crippen MR) is 67.1 cm³/mol. The standard InChI is InChI=1S/C13H20N2/c1-10(2)9-15(4)13-8-6-5-7-12(13)11(3)14/h5-8,11H,1,9,14H2,2-4H3. The van der Waals surface area contributed by atoms with Crippen molar-refractivity contribution in [1.29, 1.82) is 0 Å². The van der Waals surface area contributed by atoms with Crippen molar-refractivity contribution in [3.05, 3.63) is 42.0 Å². The van der Waals surface area contributed by atoms with Crippen LogP contribution in [-0.4, -0.2) is 13.6 Å². The Bertz CT molecular complexity index is 342. The summed E-state index contributed by atoms with van der Waals surface area (Å²) < 4.78 is 0. The highest BCUT2D eigenvalue weighted by Gasteiger charge is 2.09. The number of nitrogens with two attached hydrogens (primary N) is 1. The second-order valence-corrected chi connectivity index (χ2v) is 4.16. The van der Waals surface area contributed by atoms with Crippen LogP contribution in [0.25, 0.3) is 0 Å². The van der Waals surface area contributed by atoms with Crippen LogP contribution in [0.3, 0.4) is 0 Å². The van der Waals surface area contributed by atoms with Crippen LogP contribution in [0.5, 0.6) is 0 Å². The van der Waals surface area contributed by atoms with Crippen molar-refractivity contribution in [3.8, 4) is 0 Å².